The highest BCUT2D eigenvalue weighted by Gasteiger charge is 2.06. The summed E-state index contributed by atoms with van der Waals surface area (Å²) < 4.78 is 5.07. The van der Waals surface area contributed by atoms with Crippen molar-refractivity contribution in [3.05, 3.63) is 58.3 Å². The van der Waals surface area contributed by atoms with E-state index in [1.807, 2.05) is 24.3 Å². The second-order valence-corrected chi connectivity index (χ2v) is 4.15. The summed E-state index contributed by atoms with van der Waals surface area (Å²) in [6, 6.07) is 8.79. The molecule has 2 aromatic rings. The molecule has 0 radical (unpaired) electrons. The molecule has 0 aliphatic rings. The van der Waals surface area contributed by atoms with Gasteiger partial charge in [-0.3, -0.25) is 9.59 Å². The van der Waals surface area contributed by atoms with Crippen LogP contribution in [0.3, 0.4) is 0 Å². The first kappa shape index (κ1) is 13.8. The fourth-order valence-corrected chi connectivity index (χ4v) is 1.70. The number of aromatic nitrogens is 2. The lowest BCUT2D eigenvalue weighted by Crippen LogP contribution is -2.27. The Kier molecular flexibility index (Phi) is 4.49. The van der Waals surface area contributed by atoms with E-state index in [0.29, 0.717) is 13.0 Å². The number of rotatable bonds is 5. The van der Waals surface area contributed by atoms with Gasteiger partial charge in [-0.05, 0) is 24.1 Å². The smallest absolute Gasteiger partial charge is 0.270 e. The van der Waals surface area contributed by atoms with E-state index in [1.165, 1.54) is 12.4 Å². The summed E-state index contributed by atoms with van der Waals surface area (Å²) in [6.07, 6.45) is 1.90. The van der Waals surface area contributed by atoms with Crippen molar-refractivity contribution in [1.82, 2.24) is 15.3 Å². The average molecular weight is 273 g/mol. The van der Waals surface area contributed by atoms with Crippen LogP contribution in [0.2, 0.25) is 0 Å². The Morgan fingerprint density at radius 3 is 2.75 bits per heavy atom. The summed E-state index contributed by atoms with van der Waals surface area (Å²) in [5.74, 6) is 0.440. The van der Waals surface area contributed by atoms with E-state index in [4.69, 9.17) is 4.74 Å². The molecule has 0 aliphatic heterocycles. The van der Waals surface area contributed by atoms with Gasteiger partial charge in [0.15, 0.2) is 0 Å². The van der Waals surface area contributed by atoms with E-state index in [0.717, 1.165) is 11.3 Å². The van der Waals surface area contributed by atoms with Crippen molar-refractivity contribution in [3.8, 4) is 5.75 Å². The molecule has 0 fully saturated rings. The Morgan fingerprint density at radius 1 is 1.35 bits per heavy atom. The van der Waals surface area contributed by atoms with Crippen LogP contribution in [-0.2, 0) is 6.42 Å². The molecule has 2 rings (SSSR count). The van der Waals surface area contributed by atoms with Gasteiger partial charge in [0, 0.05) is 12.6 Å². The summed E-state index contributed by atoms with van der Waals surface area (Å²) in [5.41, 5.74) is 0.855. The van der Waals surface area contributed by atoms with Gasteiger partial charge in [0.05, 0.1) is 13.4 Å². The van der Waals surface area contributed by atoms with Crippen LogP contribution in [0.5, 0.6) is 5.75 Å². The highest BCUT2D eigenvalue weighted by atomic mass is 16.5. The van der Waals surface area contributed by atoms with Crippen molar-refractivity contribution in [2.45, 2.75) is 6.42 Å². The van der Waals surface area contributed by atoms with Crippen molar-refractivity contribution in [2.24, 2.45) is 0 Å². The summed E-state index contributed by atoms with van der Waals surface area (Å²) in [4.78, 5) is 29.0. The minimum Gasteiger partial charge on any atom is -0.497 e. The van der Waals surface area contributed by atoms with Crippen LogP contribution >= 0.6 is 0 Å². The van der Waals surface area contributed by atoms with Crippen LogP contribution in [0.4, 0.5) is 0 Å². The number of hydrogen-bond acceptors (Lipinski definition) is 4. The van der Waals surface area contributed by atoms with Crippen molar-refractivity contribution < 1.29 is 9.53 Å². The average Bonchev–Trinajstić information content (AvgIpc) is 2.48. The van der Waals surface area contributed by atoms with Gasteiger partial charge in [0.1, 0.15) is 11.4 Å². The molecule has 0 aliphatic carbocycles. The van der Waals surface area contributed by atoms with Crippen LogP contribution < -0.4 is 15.6 Å². The lowest BCUT2D eigenvalue weighted by molar-refractivity contribution is 0.0949. The zero-order valence-electron chi connectivity index (χ0n) is 11.1. The molecule has 0 saturated carbocycles. The molecule has 0 atom stereocenters. The molecule has 0 spiro atoms. The maximum absolute atomic E-state index is 11.7. The molecular weight excluding hydrogens is 258 g/mol. The quantitative estimate of drug-likeness (QED) is 0.842. The normalized spacial score (nSPS) is 10.1. The third-order valence-corrected chi connectivity index (χ3v) is 2.77. The summed E-state index contributed by atoms with van der Waals surface area (Å²) in [6.45, 7) is 0.472. The summed E-state index contributed by atoms with van der Waals surface area (Å²) >= 11 is 0. The van der Waals surface area contributed by atoms with Crippen molar-refractivity contribution >= 4 is 5.91 Å². The van der Waals surface area contributed by atoms with Crippen LogP contribution in [0.1, 0.15) is 16.1 Å². The molecule has 6 heteroatoms. The molecule has 1 aromatic carbocycles. The Balaban J connectivity index is 1.86. The van der Waals surface area contributed by atoms with Gasteiger partial charge in [0.25, 0.3) is 11.5 Å². The third-order valence-electron chi connectivity index (χ3n) is 2.77. The number of nitrogens with one attached hydrogen (secondary N) is 2. The first-order valence-corrected chi connectivity index (χ1v) is 6.15. The fourth-order valence-electron chi connectivity index (χ4n) is 1.70. The molecule has 0 unspecified atom stereocenters. The lowest BCUT2D eigenvalue weighted by Gasteiger charge is -2.05. The molecule has 20 heavy (non-hydrogen) atoms. The number of nitrogens with zero attached hydrogens (tertiary/aromatic N) is 1. The Bertz CT molecular complexity index is 635. The van der Waals surface area contributed by atoms with E-state index in [2.05, 4.69) is 15.3 Å². The van der Waals surface area contributed by atoms with Gasteiger partial charge >= 0.3 is 0 Å². The Hall–Kier alpha value is -2.63. The Morgan fingerprint density at radius 2 is 2.10 bits per heavy atom. The van der Waals surface area contributed by atoms with Gasteiger partial charge < -0.3 is 15.0 Å². The molecule has 104 valence electrons. The number of ether oxygens (including phenoxy) is 1. The van der Waals surface area contributed by atoms with Gasteiger partial charge in [0.2, 0.25) is 0 Å². The number of carbonyl (C=O) groups excluding carboxylic acids is 1. The number of hydrogen-bond donors (Lipinski definition) is 2. The molecule has 1 amide bonds. The van der Waals surface area contributed by atoms with E-state index in [9.17, 15) is 9.59 Å². The van der Waals surface area contributed by atoms with E-state index < -0.39 is 0 Å². The van der Waals surface area contributed by atoms with Gasteiger partial charge in [-0.2, -0.15) is 0 Å². The first-order valence-electron chi connectivity index (χ1n) is 6.15. The SMILES string of the molecule is COc1ccc(CCNC(=O)c2cc(=O)[nH]cn2)cc1. The molecular formula is C14H15N3O3. The summed E-state index contributed by atoms with van der Waals surface area (Å²) in [5, 5.41) is 2.72. The predicted molar refractivity (Wildman–Crippen MR) is 73.9 cm³/mol. The van der Waals surface area contributed by atoms with Gasteiger partial charge in [-0.15, -0.1) is 0 Å². The van der Waals surface area contributed by atoms with Crippen LogP contribution in [0, 0.1) is 0 Å². The van der Waals surface area contributed by atoms with E-state index in [1.54, 1.807) is 7.11 Å². The molecule has 1 heterocycles. The maximum atomic E-state index is 11.7. The van der Waals surface area contributed by atoms with Crippen molar-refractivity contribution in [3.63, 3.8) is 0 Å². The van der Waals surface area contributed by atoms with Crippen molar-refractivity contribution in [2.75, 3.05) is 13.7 Å². The molecule has 0 saturated heterocycles. The molecule has 2 N–H and O–H groups in total. The van der Waals surface area contributed by atoms with Crippen LogP contribution in [0.25, 0.3) is 0 Å². The second-order valence-electron chi connectivity index (χ2n) is 4.15. The lowest BCUT2D eigenvalue weighted by atomic mass is 10.1. The number of carbonyl (C=O) groups is 1. The monoisotopic (exact) mass is 273 g/mol. The highest BCUT2D eigenvalue weighted by molar-refractivity contribution is 5.91. The first-order chi connectivity index (χ1) is 9.69. The molecule has 6 nitrogen and oxygen atoms in total. The summed E-state index contributed by atoms with van der Waals surface area (Å²) in [7, 11) is 1.61. The van der Waals surface area contributed by atoms with Crippen molar-refractivity contribution in [1.29, 1.82) is 0 Å². The minimum atomic E-state index is -0.357. The largest absolute Gasteiger partial charge is 0.497 e. The highest BCUT2D eigenvalue weighted by Crippen LogP contribution is 2.11. The van der Waals surface area contributed by atoms with E-state index in [-0.39, 0.29) is 17.2 Å². The number of methoxy groups -OCH3 is 1. The van der Waals surface area contributed by atoms with Gasteiger partial charge in [-0.25, -0.2) is 4.98 Å². The number of aromatic amines is 1. The molecule has 0 bridgehead atoms. The zero-order valence-corrected chi connectivity index (χ0v) is 11.1. The number of amides is 1. The fraction of sp³-hybridized carbons (Fsp3) is 0.214. The predicted octanol–water partition coefficient (Wildman–Crippen LogP) is 0.751. The molecule has 1 aromatic heterocycles. The maximum Gasteiger partial charge on any atom is 0.270 e. The van der Waals surface area contributed by atoms with Crippen LogP contribution in [-0.4, -0.2) is 29.5 Å². The standard InChI is InChI=1S/C14H15N3O3/c1-20-11-4-2-10(3-5-11)6-7-15-14(19)12-8-13(18)17-9-16-12/h2-5,8-9H,6-7H2,1H3,(H,15,19)(H,16,17,18). The minimum absolute atomic E-state index is 0.114. The zero-order chi connectivity index (χ0) is 14.4. The number of benzene rings is 1. The van der Waals surface area contributed by atoms with Gasteiger partial charge in [-0.1, -0.05) is 12.1 Å². The topological polar surface area (TPSA) is 84.1 Å². The number of H-pyrrole nitrogens is 1. The van der Waals surface area contributed by atoms with Crippen LogP contribution in [0.15, 0.2) is 41.5 Å². The van der Waals surface area contributed by atoms with E-state index >= 15 is 0 Å². The second kappa shape index (κ2) is 6.51. The third kappa shape index (κ3) is 3.68. The Labute approximate surface area is 115 Å².